The van der Waals surface area contributed by atoms with Gasteiger partial charge >= 0.3 is 6.03 Å². The molecule has 8 nitrogen and oxygen atoms in total. The Morgan fingerprint density at radius 2 is 1.68 bits per heavy atom. The molecule has 5 N–H and O–H groups in total. The Kier molecular flexibility index (Phi) is 7.38. The molecule has 0 saturated carbocycles. The van der Waals surface area contributed by atoms with E-state index in [4.69, 9.17) is 5.73 Å². The van der Waals surface area contributed by atoms with Gasteiger partial charge in [0.25, 0.3) is 0 Å². The molecule has 25 heavy (non-hydrogen) atoms. The average Bonchev–Trinajstić information content (AvgIpc) is 2.51. The van der Waals surface area contributed by atoms with Crippen LogP contribution in [0.2, 0.25) is 0 Å². The molecule has 0 aromatic heterocycles. The van der Waals surface area contributed by atoms with Crippen molar-refractivity contribution in [1.29, 1.82) is 0 Å². The fourth-order valence-electron chi connectivity index (χ4n) is 2.17. The zero-order valence-electron chi connectivity index (χ0n) is 14.9. The van der Waals surface area contributed by atoms with Crippen molar-refractivity contribution in [2.75, 3.05) is 5.32 Å². The second-order valence-electron chi connectivity index (χ2n) is 6.16. The van der Waals surface area contributed by atoms with Gasteiger partial charge in [0, 0.05) is 11.7 Å². The van der Waals surface area contributed by atoms with Gasteiger partial charge in [-0.2, -0.15) is 0 Å². The second kappa shape index (κ2) is 8.82. The molecule has 2 atom stereocenters. The number of anilines is 1. The van der Waals surface area contributed by atoms with Crippen LogP contribution in [0.1, 0.15) is 34.1 Å². The third kappa shape index (κ3) is 6.35. The molecule has 0 radical (unpaired) electrons. The van der Waals surface area contributed by atoms with E-state index in [1.807, 2.05) is 13.8 Å². The lowest BCUT2D eigenvalue weighted by Crippen LogP contribution is -2.49. The van der Waals surface area contributed by atoms with Gasteiger partial charge in [0.2, 0.25) is 15.9 Å². The zero-order valence-corrected chi connectivity index (χ0v) is 15.7. The third-order valence-electron chi connectivity index (χ3n) is 3.62. The van der Waals surface area contributed by atoms with E-state index in [1.165, 1.54) is 24.3 Å². The van der Waals surface area contributed by atoms with E-state index < -0.39 is 28.0 Å². The number of benzene rings is 1. The SMILES string of the molecule is CC[C@H](C)[C@H](NC(N)=O)C(=O)Nc1ccc(S(=O)(=O)NC(C)C)cc1. The predicted octanol–water partition coefficient (Wildman–Crippen LogP) is 1.39. The molecule has 9 heteroatoms. The van der Waals surface area contributed by atoms with Crippen molar-refractivity contribution in [2.24, 2.45) is 11.7 Å². The molecule has 0 heterocycles. The summed E-state index contributed by atoms with van der Waals surface area (Å²) in [5.74, 6) is -0.522. The van der Waals surface area contributed by atoms with Crippen molar-refractivity contribution in [2.45, 2.75) is 51.1 Å². The number of nitrogens with two attached hydrogens (primary N) is 1. The Hall–Kier alpha value is -2.13. The van der Waals surface area contributed by atoms with Crippen LogP contribution in [-0.2, 0) is 14.8 Å². The predicted molar refractivity (Wildman–Crippen MR) is 96.5 cm³/mol. The van der Waals surface area contributed by atoms with Crippen molar-refractivity contribution in [1.82, 2.24) is 10.0 Å². The standard InChI is InChI=1S/C16H26N4O4S/c1-5-11(4)14(19-16(17)22)15(21)18-12-6-8-13(9-7-12)25(23,24)20-10(2)3/h6-11,14,20H,5H2,1-4H3,(H,18,21)(H3,17,19,22)/t11-,14-/m0/s1. The molecular weight excluding hydrogens is 344 g/mol. The number of nitrogens with one attached hydrogen (secondary N) is 3. The summed E-state index contributed by atoms with van der Waals surface area (Å²) in [5, 5.41) is 5.09. The van der Waals surface area contributed by atoms with Gasteiger partial charge in [-0.3, -0.25) is 4.79 Å². The van der Waals surface area contributed by atoms with Gasteiger partial charge in [0.1, 0.15) is 6.04 Å². The maximum Gasteiger partial charge on any atom is 0.312 e. The molecule has 3 amide bonds. The summed E-state index contributed by atoms with van der Waals surface area (Å²) in [6.45, 7) is 7.18. The number of carbonyl (C=O) groups excluding carboxylic acids is 2. The van der Waals surface area contributed by atoms with Gasteiger partial charge in [0.15, 0.2) is 0 Å². The molecule has 140 valence electrons. The summed E-state index contributed by atoms with van der Waals surface area (Å²) in [6.07, 6.45) is 0.677. The summed E-state index contributed by atoms with van der Waals surface area (Å²) in [6, 6.07) is 4.02. The number of hydrogen-bond acceptors (Lipinski definition) is 4. The van der Waals surface area contributed by atoms with Crippen LogP contribution in [0.25, 0.3) is 0 Å². The second-order valence-corrected chi connectivity index (χ2v) is 7.88. The fourth-order valence-corrected chi connectivity index (χ4v) is 3.42. The number of primary amides is 1. The molecule has 1 aromatic rings. The Morgan fingerprint density at radius 3 is 2.12 bits per heavy atom. The Balaban J connectivity index is 2.89. The first-order valence-electron chi connectivity index (χ1n) is 8.06. The average molecular weight is 370 g/mol. The molecule has 1 rings (SSSR count). The molecule has 0 saturated heterocycles. The number of rotatable bonds is 8. The van der Waals surface area contributed by atoms with Gasteiger partial charge in [0.05, 0.1) is 4.90 Å². The molecular formula is C16H26N4O4S. The summed E-state index contributed by atoms with van der Waals surface area (Å²) in [5.41, 5.74) is 5.54. The van der Waals surface area contributed by atoms with E-state index in [0.29, 0.717) is 12.1 Å². The Morgan fingerprint density at radius 1 is 1.12 bits per heavy atom. The summed E-state index contributed by atoms with van der Waals surface area (Å²) in [4.78, 5) is 23.6. The summed E-state index contributed by atoms with van der Waals surface area (Å²) >= 11 is 0. The molecule has 0 fully saturated rings. The first-order chi connectivity index (χ1) is 11.6. The molecule has 0 bridgehead atoms. The number of sulfonamides is 1. The quantitative estimate of drug-likeness (QED) is 0.551. The van der Waals surface area contributed by atoms with E-state index in [1.54, 1.807) is 13.8 Å². The van der Waals surface area contributed by atoms with Crippen LogP contribution in [0.5, 0.6) is 0 Å². The Bertz CT molecular complexity index is 701. The maximum atomic E-state index is 12.4. The molecule has 0 aliphatic heterocycles. The first kappa shape index (κ1) is 20.9. The lowest BCUT2D eigenvalue weighted by molar-refractivity contribution is -0.119. The monoisotopic (exact) mass is 370 g/mol. The van der Waals surface area contributed by atoms with Crippen molar-refractivity contribution in [3.63, 3.8) is 0 Å². The zero-order chi connectivity index (χ0) is 19.2. The highest BCUT2D eigenvalue weighted by Gasteiger charge is 2.25. The lowest BCUT2D eigenvalue weighted by Gasteiger charge is -2.22. The minimum absolute atomic E-state index is 0.105. The van der Waals surface area contributed by atoms with Gasteiger partial charge in [-0.15, -0.1) is 0 Å². The number of carbonyl (C=O) groups is 2. The van der Waals surface area contributed by atoms with Crippen LogP contribution in [-0.4, -0.2) is 32.4 Å². The van der Waals surface area contributed by atoms with E-state index in [0.717, 1.165) is 0 Å². The van der Waals surface area contributed by atoms with E-state index >= 15 is 0 Å². The molecule has 0 unspecified atom stereocenters. The minimum atomic E-state index is -3.59. The third-order valence-corrected chi connectivity index (χ3v) is 5.29. The van der Waals surface area contributed by atoms with Crippen molar-refractivity contribution in [3.8, 4) is 0 Å². The van der Waals surface area contributed by atoms with Crippen molar-refractivity contribution >= 4 is 27.6 Å². The van der Waals surface area contributed by atoms with Crippen LogP contribution in [0.3, 0.4) is 0 Å². The smallest absolute Gasteiger partial charge is 0.312 e. The highest BCUT2D eigenvalue weighted by atomic mass is 32.2. The van der Waals surface area contributed by atoms with Gasteiger partial charge < -0.3 is 16.4 Å². The number of hydrogen-bond donors (Lipinski definition) is 4. The number of urea groups is 1. The van der Waals surface area contributed by atoms with Gasteiger partial charge in [-0.1, -0.05) is 20.3 Å². The van der Waals surface area contributed by atoms with E-state index in [9.17, 15) is 18.0 Å². The number of amides is 3. The molecule has 0 spiro atoms. The normalized spacial score (nSPS) is 14.0. The van der Waals surface area contributed by atoms with Crippen LogP contribution in [0.15, 0.2) is 29.2 Å². The van der Waals surface area contributed by atoms with E-state index in [-0.39, 0.29) is 16.9 Å². The van der Waals surface area contributed by atoms with Gasteiger partial charge in [-0.05, 0) is 44.0 Å². The summed E-state index contributed by atoms with van der Waals surface area (Å²) in [7, 11) is -3.59. The highest BCUT2D eigenvalue weighted by Crippen LogP contribution is 2.16. The highest BCUT2D eigenvalue weighted by molar-refractivity contribution is 7.89. The van der Waals surface area contributed by atoms with Crippen molar-refractivity contribution < 1.29 is 18.0 Å². The van der Waals surface area contributed by atoms with E-state index in [2.05, 4.69) is 15.4 Å². The molecule has 1 aromatic carbocycles. The minimum Gasteiger partial charge on any atom is -0.352 e. The largest absolute Gasteiger partial charge is 0.352 e. The molecule has 0 aliphatic rings. The van der Waals surface area contributed by atoms with Gasteiger partial charge in [-0.25, -0.2) is 17.9 Å². The van der Waals surface area contributed by atoms with Crippen LogP contribution in [0.4, 0.5) is 10.5 Å². The maximum absolute atomic E-state index is 12.4. The lowest BCUT2D eigenvalue weighted by atomic mass is 9.98. The Labute approximate surface area is 148 Å². The van der Waals surface area contributed by atoms with Crippen LogP contribution in [0, 0.1) is 5.92 Å². The van der Waals surface area contributed by atoms with Crippen LogP contribution >= 0.6 is 0 Å². The summed E-state index contributed by atoms with van der Waals surface area (Å²) < 4.78 is 26.6. The topological polar surface area (TPSA) is 130 Å². The van der Waals surface area contributed by atoms with Crippen molar-refractivity contribution in [3.05, 3.63) is 24.3 Å². The first-order valence-corrected chi connectivity index (χ1v) is 9.54. The van der Waals surface area contributed by atoms with Crippen LogP contribution < -0.4 is 21.1 Å². The molecule has 0 aliphatic carbocycles. The fraction of sp³-hybridized carbons (Fsp3) is 0.500.